The van der Waals surface area contributed by atoms with Crippen molar-refractivity contribution < 1.29 is 4.74 Å². The van der Waals surface area contributed by atoms with E-state index in [1.807, 2.05) is 6.92 Å². The first-order chi connectivity index (χ1) is 7.29. The van der Waals surface area contributed by atoms with E-state index in [0.29, 0.717) is 13.2 Å². The van der Waals surface area contributed by atoms with Crippen LogP contribution in [0.25, 0.3) is 0 Å². The van der Waals surface area contributed by atoms with Crippen LogP contribution in [0.2, 0.25) is 0 Å². The monoisotopic (exact) mass is 207 g/mol. The second kappa shape index (κ2) is 7.09. The lowest BCUT2D eigenvalue weighted by Gasteiger charge is -2.05. The quantitative estimate of drug-likeness (QED) is 0.538. The Labute approximate surface area is 90.4 Å². The Hall–Kier alpha value is -1.26. The zero-order valence-corrected chi connectivity index (χ0v) is 9.07. The lowest BCUT2D eigenvalue weighted by Crippen LogP contribution is -2.20. The van der Waals surface area contributed by atoms with E-state index in [1.165, 1.54) is 0 Å². The maximum Gasteiger partial charge on any atom is 0.0724 e. The van der Waals surface area contributed by atoms with Gasteiger partial charge in [-0.2, -0.15) is 0 Å². The van der Waals surface area contributed by atoms with E-state index in [9.17, 15) is 0 Å². The summed E-state index contributed by atoms with van der Waals surface area (Å²) in [5.41, 5.74) is 1.99. The second-order valence-corrected chi connectivity index (χ2v) is 3.38. The van der Waals surface area contributed by atoms with E-state index in [4.69, 9.17) is 4.74 Å². The van der Waals surface area contributed by atoms with Crippen LogP contribution in [0.4, 0.5) is 0 Å². The zero-order valence-electron chi connectivity index (χ0n) is 9.07. The Kier molecular flexibility index (Phi) is 5.58. The molecule has 0 aliphatic rings. The van der Waals surface area contributed by atoms with Crippen molar-refractivity contribution in [1.82, 2.24) is 15.3 Å². The van der Waals surface area contributed by atoms with Gasteiger partial charge < -0.3 is 10.1 Å². The molecule has 0 aliphatic heterocycles. The highest BCUT2D eigenvalue weighted by Crippen LogP contribution is 1.89. The molecule has 1 rings (SSSR count). The molecule has 1 heterocycles. The maximum absolute atomic E-state index is 5.33. The number of nitrogens with one attached hydrogen (secondary N) is 1. The smallest absolute Gasteiger partial charge is 0.0724 e. The Bertz CT molecular complexity index is 287. The normalized spacial score (nSPS) is 10.2. The minimum Gasteiger partial charge on any atom is -0.376 e. The standard InChI is InChI=1S/C11H17N3O/c1-10(2)9-15-6-5-13-8-11-7-12-3-4-14-11/h3-4,7,13H,1,5-6,8-9H2,2H3. The summed E-state index contributed by atoms with van der Waals surface area (Å²) in [5.74, 6) is 0. The van der Waals surface area contributed by atoms with Gasteiger partial charge >= 0.3 is 0 Å². The average Bonchev–Trinajstić information content (AvgIpc) is 2.24. The summed E-state index contributed by atoms with van der Waals surface area (Å²) in [5, 5.41) is 3.22. The molecule has 82 valence electrons. The van der Waals surface area contributed by atoms with Crippen molar-refractivity contribution in [2.75, 3.05) is 19.8 Å². The predicted molar refractivity (Wildman–Crippen MR) is 59.4 cm³/mol. The van der Waals surface area contributed by atoms with E-state index in [-0.39, 0.29) is 0 Å². The van der Waals surface area contributed by atoms with Crippen LogP contribution < -0.4 is 5.32 Å². The van der Waals surface area contributed by atoms with Crippen molar-refractivity contribution in [2.45, 2.75) is 13.5 Å². The molecule has 0 aliphatic carbocycles. The van der Waals surface area contributed by atoms with Gasteiger partial charge in [0.2, 0.25) is 0 Å². The number of aromatic nitrogens is 2. The van der Waals surface area contributed by atoms with E-state index in [0.717, 1.165) is 24.4 Å². The van der Waals surface area contributed by atoms with E-state index in [2.05, 4.69) is 21.9 Å². The molecule has 4 heteroatoms. The molecule has 4 nitrogen and oxygen atoms in total. The summed E-state index contributed by atoms with van der Waals surface area (Å²) in [7, 11) is 0. The maximum atomic E-state index is 5.33. The third-order valence-corrected chi connectivity index (χ3v) is 1.69. The molecule has 15 heavy (non-hydrogen) atoms. The molecule has 0 bridgehead atoms. The fourth-order valence-corrected chi connectivity index (χ4v) is 1.03. The van der Waals surface area contributed by atoms with Crippen LogP contribution in [-0.2, 0) is 11.3 Å². The summed E-state index contributed by atoms with van der Waals surface area (Å²) in [4.78, 5) is 8.12. The van der Waals surface area contributed by atoms with Gasteiger partial charge in [-0.1, -0.05) is 12.2 Å². The number of nitrogens with zero attached hydrogens (tertiary/aromatic N) is 2. The van der Waals surface area contributed by atoms with Gasteiger partial charge in [-0.25, -0.2) is 0 Å². The van der Waals surface area contributed by atoms with Crippen LogP contribution in [0.3, 0.4) is 0 Å². The molecular formula is C11H17N3O. The van der Waals surface area contributed by atoms with E-state index < -0.39 is 0 Å². The molecule has 0 saturated carbocycles. The van der Waals surface area contributed by atoms with E-state index in [1.54, 1.807) is 18.6 Å². The number of hydrogen-bond acceptors (Lipinski definition) is 4. The molecule has 1 N–H and O–H groups in total. The molecule has 1 aromatic rings. The lowest BCUT2D eigenvalue weighted by atomic mass is 10.4. The highest BCUT2D eigenvalue weighted by Gasteiger charge is 1.93. The van der Waals surface area contributed by atoms with Crippen LogP contribution in [0.15, 0.2) is 30.7 Å². The van der Waals surface area contributed by atoms with Gasteiger partial charge in [-0.15, -0.1) is 0 Å². The number of rotatable bonds is 7. The minimum atomic E-state index is 0.632. The van der Waals surface area contributed by atoms with Crippen molar-refractivity contribution in [3.05, 3.63) is 36.4 Å². The molecule has 1 aromatic heterocycles. The summed E-state index contributed by atoms with van der Waals surface area (Å²) in [6.07, 6.45) is 5.11. The van der Waals surface area contributed by atoms with Crippen molar-refractivity contribution in [3.63, 3.8) is 0 Å². The predicted octanol–water partition coefficient (Wildman–Crippen LogP) is 1.16. The van der Waals surface area contributed by atoms with Crippen LogP contribution >= 0.6 is 0 Å². The van der Waals surface area contributed by atoms with Crippen LogP contribution in [0.1, 0.15) is 12.6 Å². The van der Waals surface area contributed by atoms with Crippen LogP contribution in [0.5, 0.6) is 0 Å². The highest BCUT2D eigenvalue weighted by atomic mass is 16.5. The van der Waals surface area contributed by atoms with Gasteiger partial charge in [0.05, 0.1) is 18.9 Å². The summed E-state index contributed by atoms with van der Waals surface area (Å²) in [6.45, 7) is 8.56. The summed E-state index contributed by atoms with van der Waals surface area (Å²) in [6, 6.07) is 0. The third-order valence-electron chi connectivity index (χ3n) is 1.69. The fraction of sp³-hybridized carbons (Fsp3) is 0.455. The van der Waals surface area contributed by atoms with Crippen LogP contribution in [-0.4, -0.2) is 29.7 Å². The first kappa shape index (κ1) is 11.8. The number of hydrogen-bond donors (Lipinski definition) is 1. The molecule has 0 spiro atoms. The van der Waals surface area contributed by atoms with Crippen molar-refractivity contribution in [2.24, 2.45) is 0 Å². The summed E-state index contributed by atoms with van der Waals surface area (Å²) >= 11 is 0. The molecule has 0 unspecified atom stereocenters. The molecule has 0 saturated heterocycles. The van der Waals surface area contributed by atoms with Gasteiger partial charge in [0, 0.05) is 31.7 Å². The Morgan fingerprint density at radius 3 is 3.07 bits per heavy atom. The van der Waals surface area contributed by atoms with Crippen molar-refractivity contribution in [3.8, 4) is 0 Å². The van der Waals surface area contributed by atoms with Gasteiger partial charge in [-0.05, 0) is 6.92 Å². The third kappa shape index (κ3) is 5.93. The zero-order chi connectivity index (χ0) is 10.9. The molecular weight excluding hydrogens is 190 g/mol. The molecule has 0 fully saturated rings. The Morgan fingerprint density at radius 2 is 2.40 bits per heavy atom. The topological polar surface area (TPSA) is 47.0 Å². The van der Waals surface area contributed by atoms with Gasteiger partial charge in [-0.3, -0.25) is 9.97 Å². The molecule has 0 aromatic carbocycles. The Balaban J connectivity index is 2.00. The summed E-state index contributed by atoms with van der Waals surface area (Å²) < 4.78 is 5.33. The molecule has 0 atom stereocenters. The SMILES string of the molecule is C=C(C)COCCNCc1cnccn1. The Morgan fingerprint density at radius 1 is 1.53 bits per heavy atom. The van der Waals surface area contributed by atoms with Crippen molar-refractivity contribution >= 4 is 0 Å². The minimum absolute atomic E-state index is 0.632. The van der Waals surface area contributed by atoms with Gasteiger partial charge in [0.1, 0.15) is 0 Å². The van der Waals surface area contributed by atoms with Crippen molar-refractivity contribution in [1.29, 1.82) is 0 Å². The van der Waals surface area contributed by atoms with Gasteiger partial charge in [0.25, 0.3) is 0 Å². The molecule has 0 amide bonds. The first-order valence-corrected chi connectivity index (χ1v) is 4.97. The average molecular weight is 207 g/mol. The van der Waals surface area contributed by atoms with Gasteiger partial charge in [0.15, 0.2) is 0 Å². The fourth-order valence-electron chi connectivity index (χ4n) is 1.03. The van der Waals surface area contributed by atoms with Crippen LogP contribution in [0, 0.1) is 0 Å². The van der Waals surface area contributed by atoms with E-state index >= 15 is 0 Å². The largest absolute Gasteiger partial charge is 0.376 e. The second-order valence-electron chi connectivity index (χ2n) is 3.38. The number of ether oxygens (including phenoxy) is 1. The lowest BCUT2D eigenvalue weighted by molar-refractivity contribution is 0.157. The highest BCUT2D eigenvalue weighted by molar-refractivity contribution is 4.93. The molecule has 0 radical (unpaired) electrons. The first-order valence-electron chi connectivity index (χ1n) is 4.97.